The molecular formula is C21H28N2O. The summed E-state index contributed by atoms with van der Waals surface area (Å²) in [6.07, 6.45) is 0.809. The normalized spacial score (nSPS) is 25.1. The number of likely N-dealkylation sites (N-methyl/N-ethyl adjacent to an activating group) is 1. The molecule has 2 aromatic rings. The zero-order valence-corrected chi connectivity index (χ0v) is 14.7. The summed E-state index contributed by atoms with van der Waals surface area (Å²) in [5.41, 5.74) is 1.98. The predicted octanol–water partition coefficient (Wildman–Crippen LogP) is 3.14. The molecule has 1 fully saturated rings. The van der Waals surface area contributed by atoms with Crippen LogP contribution in [0.5, 0.6) is 0 Å². The van der Waals surface area contributed by atoms with Crippen molar-refractivity contribution < 1.29 is 5.11 Å². The van der Waals surface area contributed by atoms with Gasteiger partial charge in [0, 0.05) is 26.2 Å². The Labute approximate surface area is 145 Å². The molecule has 0 aromatic heterocycles. The number of rotatable bonds is 5. The molecule has 0 saturated carbocycles. The van der Waals surface area contributed by atoms with Gasteiger partial charge in [-0.3, -0.25) is 9.80 Å². The Morgan fingerprint density at radius 2 is 1.62 bits per heavy atom. The zero-order chi connectivity index (χ0) is 17.0. The van der Waals surface area contributed by atoms with Crippen LogP contribution in [-0.2, 0) is 13.1 Å². The minimum atomic E-state index is -0.642. The standard InChI is InChI=1S/C21H28N2O/c1-21(24)13-14-23(16-19-11-7-4-8-12-19)17-20(21)22(2)15-18-9-5-3-6-10-18/h3-12,20,24H,13-17H2,1-2H3. The van der Waals surface area contributed by atoms with Crippen LogP contribution in [0.1, 0.15) is 24.5 Å². The summed E-state index contributed by atoms with van der Waals surface area (Å²) in [5, 5.41) is 10.9. The van der Waals surface area contributed by atoms with E-state index in [1.165, 1.54) is 11.1 Å². The van der Waals surface area contributed by atoms with Crippen molar-refractivity contribution in [3.63, 3.8) is 0 Å². The van der Waals surface area contributed by atoms with Gasteiger partial charge < -0.3 is 5.11 Å². The van der Waals surface area contributed by atoms with Crippen molar-refractivity contribution in [3.05, 3.63) is 71.8 Å². The third-order valence-electron chi connectivity index (χ3n) is 5.14. The van der Waals surface area contributed by atoms with E-state index in [4.69, 9.17) is 0 Å². The Hall–Kier alpha value is -1.68. The molecule has 3 heteroatoms. The first-order valence-corrected chi connectivity index (χ1v) is 8.77. The van der Waals surface area contributed by atoms with Gasteiger partial charge in [0.05, 0.1) is 11.6 Å². The molecule has 1 heterocycles. The minimum Gasteiger partial charge on any atom is -0.388 e. The van der Waals surface area contributed by atoms with Crippen LogP contribution in [0.25, 0.3) is 0 Å². The first-order valence-electron chi connectivity index (χ1n) is 8.77. The van der Waals surface area contributed by atoms with E-state index in [1.807, 2.05) is 13.0 Å². The monoisotopic (exact) mass is 324 g/mol. The van der Waals surface area contributed by atoms with E-state index < -0.39 is 5.60 Å². The van der Waals surface area contributed by atoms with Gasteiger partial charge in [0.25, 0.3) is 0 Å². The molecule has 2 aromatic carbocycles. The molecule has 128 valence electrons. The third kappa shape index (κ3) is 4.23. The van der Waals surface area contributed by atoms with Gasteiger partial charge in [0.2, 0.25) is 0 Å². The largest absolute Gasteiger partial charge is 0.388 e. The van der Waals surface area contributed by atoms with Crippen molar-refractivity contribution in [3.8, 4) is 0 Å². The number of hydrogen-bond donors (Lipinski definition) is 1. The van der Waals surface area contributed by atoms with Gasteiger partial charge in [0.15, 0.2) is 0 Å². The second kappa shape index (κ2) is 7.47. The molecule has 3 rings (SSSR count). The van der Waals surface area contributed by atoms with E-state index >= 15 is 0 Å². The molecule has 1 aliphatic rings. The van der Waals surface area contributed by atoms with Gasteiger partial charge >= 0.3 is 0 Å². The third-order valence-corrected chi connectivity index (χ3v) is 5.14. The van der Waals surface area contributed by atoms with Crippen molar-refractivity contribution >= 4 is 0 Å². The lowest BCUT2D eigenvalue weighted by atomic mass is 9.87. The van der Waals surface area contributed by atoms with Crippen LogP contribution in [-0.4, -0.2) is 46.7 Å². The number of benzene rings is 2. The van der Waals surface area contributed by atoms with Crippen LogP contribution in [0.3, 0.4) is 0 Å². The molecule has 1 saturated heterocycles. The molecule has 24 heavy (non-hydrogen) atoms. The lowest BCUT2D eigenvalue weighted by Gasteiger charge is -2.46. The highest BCUT2D eigenvalue weighted by molar-refractivity contribution is 5.16. The fourth-order valence-corrected chi connectivity index (χ4v) is 3.66. The zero-order valence-electron chi connectivity index (χ0n) is 14.7. The Balaban J connectivity index is 1.67. The topological polar surface area (TPSA) is 26.7 Å². The highest BCUT2D eigenvalue weighted by Gasteiger charge is 2.39. The van der Waals surface area contributed by atoms with E-state index in [1.54, 1.807) is 0 Å². The molecule has 1 N–H and O–H groups in total. The van der Waals surface area contributed by atoms with Crippen LogP contribution in [0.2, 0.25) is 0 Å². The van der Waals surface area contributed by atoms with Crippen LogP contribution in [0.15, 0.2) is 60.7 Å². The Bertz CT molecular complexity index is 627. The van der Waals surface area contributed by atoms with Crippen LogP contribution in [0.4, 0.5) is 0 Å². The quantitative estimate of drug-likeness (QED) is 0.915. The number of piperidine rings is 1. The van der Waals surface area contributed by atoms with E-state index in [2.05, 4.69) is 71.4 Å². The fraction of sp³-hybridized carbons (Fsp3) is 0.429. The van der Waals surface area contributed by atoms with Crippen LogP contribution >= 0.6 is 0 Å². The van der Waals surface area contributed by atoms with Gasteiger partial charge in [-0.15, -0.1) is 0 Å². The van der Waals surface area contributed by atoms with E-state index in [9.17, 15) is 5.11 Å². The predicted molar refractivity (Wildman–Crippen MR) is 98.7 cm³/mol. The van der Waals surface area contributed by atoms with Crippen molar-refractivity contribution in [2.45, 2.75) is 38.1 Å². The molecule has 3 nitrogen and oxygen atoms in total. The van der Waals surface area contributed by atoms with E-state index in [0.29, 0.717) is 0 Å². The Morgan fingerprint density at radius 1 is 1.04 bits per heavy atom. The summed E-state index contributed by atoms with van der Waals surface area (Å²) < 4.78 is 0. The number of nitrogens with zero attached hydrogens (tertiary/aromatic N) is 2. The molecule has 2 atom stereocenters. The van der Waals surface area contributed by atoms with Gasteiger partial charge in [0.1, 0.15) is 0 Å². The van der Waals surface area contributed by atoms with Crippen LogP contribution < -0.4 is 0 Å². The van der Waals surface area contributed by atoms with Crippen LogP contribution in [0, 0.1) is 0 Å². The summed E-state index contributed by atoms with van der Waals surface area (Å²) in [5.74, 6) is 0. The molecular weight excluding hydrogens is 296 g/mol. The SMILES string of the molecule is CN(Cc1ccccc1)C1CN(Cc2ccccc2)CCC1(C)O. The first kappa shape index (κ1) is 17.2. The van der Waals surface area contributed by atoms with Gasteiger partial charge in [-0.1, -0.05) is 60.7 Å². The Morgan fingerprint density at radius 3 is 2.25 bits per heavy atom. The summed E-state index contributed by atoms with van der Waals surface area (Å²) >= 11 is 0. The lowest BCUT2D eigenvalue weighted by molar-refractivity contribution is -0.0789. The average molecular weight is 324 g/mol. The maximum atomic E-state index is 10.9. The molecule has 0 spiro atoms. The van der Waals surface area contributed by atoms with Crippen molar-refractivity contribution in [1.82, 2.24) is 9.80 Å². The second-order valence-corrected chi connectivity index (χ2v) is 7.24. The van der Waals surface area contributed by atoms with Crippen molar-refractivity contribution in [2.24, 2.45) is 0 Å². The second-order valence-electron chi connectivity index (χ2n) is 7.24. The maximum absolute atomic E-state index is 10.9. The minimum absolute atomic E-state index is 0.134. The first-order chi connectivity index (χ1) is 11.5. The number of hydrogen-bond acceptors (Lipinski definition) is 3. The summed E-state index contributed by atoms with van der Waals surface area (Å²) in [6, 6.07) is 21.2. The molecule has 1 aliphatic heterocycles. The van der Waals surface area contributed by atoms with E-state index in [-0.39, 0.29) is 6.04 Å². The van der Waals surface area contributed by atoms with E-state index in [0.717, 1.165) is 32.6 Å². The highest BCUT2D eigenvalue weighted by Crippen LogP contribution is 2.27. The van der Waals surface area contributed by atoms with Gasteiger partial charge in [-0.2, -0.15) is 0 Å². The summed E-state index contributed by atoms with van der Waals surface area (Å²) in [7, 11) is 2.12. The van der Waals surface area contributed by atoms with Crippen molar-refractivity contribution in [1.29, 1.82) is 0 Å². The highest BCUT2D eigenvalue weighted by atomic mass is 16.3. The number of aliphatic hydroxyl groups is 1. The van der Waals surface area contributed by atoms with Crippen molar-refractivity contribution in [2.75, 3.05) is 20.1 Å². The summed E-state index contributed by atoms with van der Waals surface area (Å²) in [6.45, 7) is 5.63. The number of likely N-dealkylation sites (tertiary alicyclic amines) is 1. The lowest BCUT2D eigenvalue weighted by Crippen LogP contribution is -2.59. The Kier molecular flexibility index (Phi) is 5.34. The average Bonchev–Trinajstić information content (AvgIpc) is 2.58. The van der Waals surface area contributed by atoms with Gasteiger partial charge in [-0.25, -0.2) is 0 Å². The summed E-state index contributed by atoms with van der Waals surface area (Å²) in [4.78, 5) is 4.76. The molecule has 0 aliphatic carbocycles. The molecule has 0 bridgehead atoms. The smallest absolute Gasteiger partial charge is 0.0798 e. The molecule has 0 amide bonds. The maximum Gasteiger partial charge on any atom is 0.0798 e. The fourth-order valence-electron chi connectivity index (χ4n) is 3.66. The molecule has 0 radical (unpaired) electrons. The molecule has 2 unspecified atom stereocenters. The van der Waals surface area contributed by atoms with Gasteiger partial charge in [-0.05, 0) is 31.5 Å².